The van der Waals surface area contributed by atoms with Crippen molar-refractivity contribution in [2.75, 3.05) is 17.7 Å². The molecule has 3 heterocycles. The average Bonchev–Trinajstić information content (AvgIpc) is 2.98. The fourth-order valence-electron chi connectivity index (χ4n) is 2.06. The van der Waals surface area contributed by atoms with Crippen molar-refractivity contribution in [2.24, 2.45) is 0 Å². The molecule has 0 saturated carbocycles. The van der Waals surface area contributed by atoms with Crippen molar-refractivity contribution in [3.8, 4) is 0 Å². The molecule has 3 aromatic rings. The van der Waals surface area contributed by atoms with Crippen molar-refractivity contribution in [1.82, 2.24) is 15.0 Å². The van der Waals surface area contributed by atoms with E-state index in [4.69, 9.17) is 4.42 Å². The number of anilines is 2. The Hall–Kier alpha value is -2.15. The first kappa shape index (κ1) is 13.8. The van der Waals surface area contributed by atoms with E-state index in [1.807, 2.05) is 20.9 Å². The number of nitrogens with zero attached hydrogens (tertiary/aromatic N) is 3. The molecule has 0 aromatic carbocycles. The lowest BCUT2D eigenvalue weighted by Gasteiger charge is -2.06. The van der Waals surface area contributed by atoms with E-state index in [0.717, 1.165) is 27.5 Å². The van der Waals surface area contributed by atoms with Gasteiger partial charge in [-0.1, -0.05) is 0 Å². The number of oxazole rings is 1. The highest BCUT2D eigenvalue weighted by atomic mass is 32.1. The third-order valence-electron chi connectivity index (χ3n) is 3.22. The lowest BCUT2D eigenvalue weighted by molar-refractivity contribution is 0.478. The van der Waals surface area contributed by atoms with Gasteiger partial charge in [0.05, 0.1) is 17.6 Å². The summed E-state index contributed by atoms with van der Waals surface area (Å²) in [5.41, 5.74) is 0.918. The van der Waals surface area contributed by atoms with Crippen LogP contribution in [0.5, 0.6) is 0 Å². The Morgan fingerprint density at radius 3 is 2.67 bits per heavy atom. The van der Waals surface area contributed by atoms with Crippen molar-refractivity contribution >= 4 is 33.3 Å². The number of aryl methyl sites for hydroxylation is 3. The zero-order valence-corrected chi connectivity index (χ0v) is 13.3. The van der Waals surface area contributed by atoms with Gasteiger partial charge >= 0.3 is 0 Å². The molecule has 21 heavy (non-hydrogen) atoms. The third kappa shape index (κ3) is 2.69. The molecule has 0 fully saturated rings. The maximum Gasteiger partial charge on any atom is 0.225 e. The smallest absolute Gasteiger partial charge is 0.225 e. The zero-order valence-electron chi connectivity index (χ0n) is 12.4. The van der Waals surface area contributed by atoms with E-state index in [1.165, 1.54) is 4.88 Å². The first-order chi connectivity index (χ1) is 10.1. The maximum absolute atomic E-state index is 5.58. The predicted molar refractivity (Wildman–Crippen MR) is 85.0 cm³/mol. The van der Waals surface area contributed by atoms with Gasteiger partial charge in [0.1, 0.15) is 16.4 Å². The Morgan fingerprint density at radius 1 is 1.19 bits per heavy atom. The topological polar surface area (TPSA) is 75.9 Å². The van der Waals surface area contributed by atoms with Crippen molar-refractivity contribution < 1.29 is 4.42 Å². The molecule has 0 saturated heterocycles. The molecule has 3 aromatic heterocycles. The number of hydrogen-bond donors (Lipinski definition) is 2. The number of nitrogens with one attached hydrogen (secondary N) is 2. The van der Waals surface area contributed by atoms with Crippen LogP contribution in [0.15, 0.2) is 10.5 Å². The van der Waals surface area contributed by atoms with Gasteiger partial charge in [0.25, 0.3) is 0 Å². The average molecular weight is 303 g/mol. The van der Waals surface area contributed by atoms with Crippen LogP contribution in [0.25, 0.3) is 10.2 Å². The molecule has 0 atom stereocenters. The third-order valence-corrected chi connectivity index (χ3v) is 4.16. The summed E-state index contributed by atoms with van der Waals surface area (Å²) in [7, 11) is 1.81. The van der Waals surface area contributed by atoms with E-state index in [1.54, 1.807) is 11.3 Å². The highest BCUT2D eigenvalue weighted by Gasteiger charge is 2.11. The van der Waals surface area contributed by atoms with Crippen LogP contribution >= 0.6 is 11.3 Å². The number of hydrogen-bond acceptors (Lipinski definition) is 7. The van der Waals surface area contributed by atoms with Crippen LogP contribution in [0.3, 0.4) is 0 Å². The molecule has 0 spiro atoms. The van der Waals surface area contributed by atoms with Gasteiger partial charge in [-0.2, -0.15) is 4.98 Å². The second kappa shape index (κ2) is 5.33. The molecule has 6 nitrogen and oxygen atoms in total. The molecule has 3 rings (SSSR count). The number of thiophene rings is 1. The molecular formula is C14H17N5OS. The van der Waals surface area contributed by atoms with E-state index in [-0.39, 0.29) is 0 Å². The fourth-order valence-corrected chi connectivity index (χ4v) is 2.94. The standard InChI is InChI=1S/C14H17N5OS/c1-7-5-10-12(18-14(15-4)19-13(10)21-7)16-6-11-17-8(2)9(3)20-11/h5H,6H2,1-4H3,(H2,15,16,18,19). The summed E-state index contributed by atoms with van der Waals surface area (Å²) >= 11 is 1.65. The SMILES string of the molecule is CNc1nc(NCc2nc(C)c(C)o2)c2cc(C)sc2n1. The summed E-state index contributed by atoms with van der Waals surface area (Å²) in [6.07, 6.45) is 0. The van der Waals surface area contributed by atoms with Gasteiger partial charge in [-0.05, 0) is 26.8 Å². The molecular weight excluding hydrogens is 286 g/mol. The van der Waals surface area contributed by atoms with Crippen molar-refractivity contribution in [3.05, 3.63) is 28.3 Å². The molecule has 0 aliphatic rings. The highest BCUT2D eigenvalue weighted by Crippen LogP contribution is 2.29. The summed E-state index contributed by atoms with van der Waals surface area (Å²) in [4.78, 5) is 15.5. The second-order valence-corrected chi connectivity index (χ2v) is 6.06. The van der Waals surface area contributed by atoms with Gasteiger partial charge in [-0.15, -0.1) is 11.3 Å². The number of rotatable bonds is 4. The summed E-state index contributed by atoms with van der Waals surface area (Å²) in [5, 5.41) is 7.30. The molecule has 0 unspecified atom stereocenters. The van der Waals surface area contributed by atoms with E-state index in [0.29, 0.717) is 18.4 Å². The van der Waals surface area contributed by atoms with Crippen LogP contribution in [0.2, 0.25) is 0 Å². The highest BCUT2D eigenvalue weighted by molar-refractivity contribution is 7.18. The van der Waals surface area contributed by atoms with Gasteiger partial charge in [-0.3, -0.25) is 0 Å². The van der Waals surface area contributed by atoms with Gasteiger partial charge < -0.3 is 15.1 Å². The molecule has 0 bridgehead atoms. The van der Waals surface area contributed by atoms with Crippen LogP contribution in [-0.2, 0) is 6.54 Å². The summed E-state index contributed by atoms with van der Waals surface area (Å²) < 4.78 is 5.58. The van der Waals surface area contributed by atoms with Crippen LogP contribution < -0.4 is 10.6 Å². The minimum absolute atomic E-state index is 0.499. The Morgan fingerprint density at radius 2 is 2.00 bits per heavy atom. The molecule has 7 heteroatoms. The second-order valence-electron chi connectivity index (χ2n) is 4.82. The van der Waals surface area contributed by atoms with E-state index >= 15 is 0 Å². The predicted octanol–water partition coefficient (Wildman–Crippen LogP) is 3.26. The first-order valence-corrected chi connectivity index (χ1v) is 7.51. The largest absolute Gasteiger partial charge is 0.444 e. The molecule has 110 valence electrons. The molecule has 0 aliphatic heterocycles. The Labute approximate surface area is 126 Å². The van der Waals surface area contributed by atoms with Crippen molar-refractivity contribution in [1.29, 1.82) is 0 Å². The normalized spacial score (nSPS) is 11.0. The van der Waals surface area contributed by atoms with Crippen LogP contribution in [0.1, 0.15) is 22.2 Å². The number of fused-ring (bicyclic) bond motifs is 1. The Balaban J connectivity index is 1.91. The monoisotopic (exact) mass is 303 g/mol. The fraction of sp³-hybridized carbons (Fsp3) is 0.357. The van der Waals surface area contributed by atoms with Gasteiger partial charge in [0.2, 0.25) is 11.8 Å². The van der Waals surface area contributed by atoms with Crippen LogP contribution in [0.4, 0.5) is 11.8 Å². The van der Waals surface area contributed by atoms with E-state index in [9.17, 15) is 0 Å². The van der Waals surface area contributed by atoms with Gasteiger partial charge in [0.15, 0.2) is 0 Å². The minimum atomic E-state index is 0.499. The van der Waals surface area contributed by atoms with Gasteiger partial charge in [-0.25, -0.2) is 9.97 Å². The first-order valence-electron chi connectivity index (χ1n) is 6.69. The molecule has 0 amide bonds. The number of aromatic nitrogens is 3. The summed E-state index contributed by atoms with van der Waals surface area (Å²) in [6.45, 7) is 6.41. The lowest BCUT2D eigenvalue weighted by atomic mass is 10.3. The van der Waals surface area contributed by atoms with Gasteiger partial charge in [0, 0.05) is 11.9 Å². The quantitative estimate of drug-likeness (QED) is 0.770. The lowest BCUT2D eigenvalue weighted by Crippen LogP contribution is -2.05. The van der Waals surface area contributed by atoms with Crippen LogP contribution in [0, 0.1) is 20.8 Å². The minimum Gasteiger partial charge on any atom is -0.444 e. The van der Waals surface area contributed by atoms with Crippen molar-refractivity contribution in [3.63, 3.8) is 0 Å². The summed E-state index contributed by atoms with van der Waals surface area (Å²) in [6, 6.07) is 2.09. The Kier molecular flexibility index (Phi) is 3.50. The molecule has 2 N–H and O–H groups in total. The zero-order chi connectivity index (χ0) is 15.0. The van der Waals surface area contributed by atoms with Crippen molar-refractivity contribution in [2.45, 2.75) is 27.3 Å². The molecule has 0 aliphatic carbocycles. The van der Waals surface area contributed by atoms with E-state index in [2.05, 4.69) is 38.6 Å². The van der Waals surface area contributed by atoms with E-state index < -0.39 is 0 Å². The Bertz CT molecular complexity index is 773. The summed E-state index contributed by atoms with van der Waals surface area (Å²) in [5.74, 6) is 2.91. The molecule has 0 radical (unpaired) electrons. The maximum atomic E-state index is 5.58. The van der Waals surface area contributed by atoms with Crippen LogP contribution in [-0.4, -0.2) is 22.0 Å².